The van der Waals surface area contributed by atoms with Gasteiger partial charge in [-0.3, -0.25) is 14.4 Å². The Morgan fingerprint density at radius 2 is 1.34 bits per heavy atom. The number of carbonyl (C=O) groups excluding carboxylic acids is 3. The molecule has 0 unspecified atom stereocenters. The molecule has 0 aromatic heterocycles. The summed E-state index contributed by atoms with van der Waals surface area (Å²) < 4.78 is 4.62. The topological polar surface area (TPSA) is 63.7 Å². The third-order valence-electron chi connectivity index (χ3n) is 4.71. The standard InChI is InChI=1S/C24H23NO4/c1-29-23(27)13-12-22(26)25-16-20(14-18-8-4-2-5-9-18)24(28)21(17-25)15-19-10-6-3-7-11-19/h2-11,14-15H,12-13,16-17H2,1H3. The van der Waals surface area contributed by atoms with Crippen molar-refractivity contribution in [3.05, 3.63) is 82.9 Å². The molecular formula is C24H23NO4. The highest BCUT2D eigenvalue weighted by atomic mass is 16.5. The van der Waals surface area contributed by atoms with Gasteiger partial charge in [0.15, 0.2) is 5.78 Å². The van der Waals surface area contributed by atoms with Gasteiger partial charge in [-0.25, -0.2) is 0 Å². The number of benzene rings is 2. The first kappa shape index (κ1) is 20.3. The van der Waals surface area contributed by atoms with Crippen LogP contribution < -0.4 is 0 Å². The average molecular weight is 389 g/mol. The van der Waals surface area contributed by atoms with Crippen LogP contribution in [0.1, 0.15) is 24.0 Å². The summed E-state index contributed by atoms with van der Waals surface area (Å²) in [5.41, 5.74) is 2.91. The molecule has 5 heteroatoms. The molecule has 1 aliphatic rings. The van der Waals surface area contributed by atoms with Crippen LogP contribution in [0.15, 0.2) is 71.8 Å². The van der Waals surface area contributed by atoms with Crippen LogP contribution in [0.4, 0.5) is 0 Å². The van der Waals surface area contributed by atoms with Crippen LogP contribution >= 0.6 is 0 Å². The van der Waals surface area contributed by atoms with E-state index in [1.54, 1.807) is 4.90 Å². The van der Waals surface area contributed by atoms with E-state index in [0.717, 1.165) is 11.1 Å². The van der Waals surface area contributed by atoms with Gasteiger partial charge >= 0.3 is 5.97 Å². The Balaban J connectivity index is 1.89. The van der Waals surface area contributed by atoms with Crippen molar-refractivity contribution >= 4 is 29.8 Å². The van der Waals surface area contributed by atoms with Crippen LogP contribution in [-0.2, 0) is 19.1 Å². The van der Waals surface area contributed by atoms with Gasteiger partial charge in [-0.2, -0.15) is 0 Å². The number of carbonyl (C=O) groups is 3. The number of rotatable bonds is 5. The Morgan fingerprint density at radius 1 is 0.862 bits per heavy atom. The molecule has 29 heavy (non-hydrogen) atoms. The Kier molecular flexibility index (Phi) is 6.74. The predicted molar refractivity (Wildman–Crippen MR) is 112 cm³/mol. The van der Waals surface area contributed by atoms with Gasteiger partial charge in [-0.1, -0.05) is 60.7 Å². The quantitative estimate of drug-likeness (QED) is 0.580. The lowest BCUT2D eigenvalue weighted by molar-refractivity contribution is -0.143. The number of esters is 1. The summed E-state index contributed by atoms with van der Waals surface area (Å²) in [5.74, 6) is -0.665. The summed E-state index contributed by atoms with van der Waals surface area (Å²) in [6.07, 6.45) is 3.72. The van der Waals surface area contributed by atoms with E-state index >= 15 is 0 Å². The minimum absolute atomic E-state index is 0.0231. The highest BCUT2D eigenvalue weighted by molar-refractivity contribution is 6.15. The Morgan fingerprint density at radius 3 is 1.79 bits per heavy atom. The summed E-state index contributed by atoms with van der Waals surface area (Å²) in [7, 11) is 1.30. The molecule has 0 aliphatic carbocycles. The third kappa shape index (κ3) is 5.51. The van der Waals surface area contributed by atoms with Gasteiger partial charge in [0, 0.05) is 30.7 Å². The molecule has 0 N–H and O–H groups in total. The monoisotopic (exact) mass is 389 g/mol. The molecule has 0 saturated carbocycles. The predicted octanol–water partition coefficient (Wildman–Crippen LogP) is 3.52. The summed E-state index contributed by atoms with van der Waals surface area (Å²) in [4.78, 5) is 38.8. The Bertz CT molecular complexity index is 884. The summed E-state index contributed by atoms with van der Waals surface area (Å²) in [6.45, 7) is 0.444. The zero-order chi connectivity index (χ0) is 20.6. The number of ether oxygens (including phenoxy) is 1. The number of likely N-dealkylation sites (tertiary alicyclic amines) is 1. The SMILES string of the molecule is COC(=O)CCC(=O)N1CC(=Cc2ccccc2)C(=O)C(=Cc2ccccc2)C1. The van der Waals surface area contributed by atoms with Crippen LogP contribution in [0.5, 0.6) is 0 Å². The molecule has 0 spiro atoms. The van der Waals surface area contributed by atoms with Crippen molar-refractivity contribution in [2.75, 3.05) is 20.2 Å². The number of ketones is 1. The van der Waals surface area contributed by atoms with E-state index in [0.29, 0.717) is 11.1 Å². The maximum Gasteiger partial charge on any atom is 0.306 e. The molecule has 1 heterocycles. The first-order valence-corrected chi connectivity index (χ1v) is 9.47. The van der Waals surface area contributed by atoms with Crippen molar-refractivity contribution in [3.63, 3.8) is 0 Å². The molecule has 1 fully saturated rings. The number of Topliss-reactive ketones (excluding diaryl/α,β-unsaturated/α-hetero) is 1. The minimum Gasteiger partial charge on any atom is -0.469 e. The fourth-order valence-electron chi connectivity index (χ4n) is 3.19. The van der Waals surface area contributed by atoms with E-state index < -0.39 is 5.97 Å². The summed E-state index contributed by atoms with van der Waals surface area (Å²) >= 11 is 0. The molecular weight excluding hydrogens is 366 g/mol. The minimum atomic E-state index is -0.425. The van der Waals surface area contributed by atoms with E-state index in [1.165, 1.54) is 7.11 Å². The molecule has 1 amide bonds. The fraction of sp³-hybridized carbons (Fsp3) is 0.208. The number of nitrogens with zero attached hydrogens (tertiary/aromatic N) is 1. The van der Waals surface area contributed by atoms with Gasteiger partial charge in [0.25, 0.3) is 0 Å². The van der Waals surface area contributed by atoms with E-state index in [9.17, 15) is 14.4 Å². The van der Waals surface area contributed by atoms with E-state index in [1.807, 2.05) is 72.8 Å². The van der Waals surface area contributed by atoms with Crippen molar-refractivity contribution in [2.24, 2.45) is 0 Å². The normalized spacial score (nSPS) is 16.9. The van der Waals surface area contributed by atoms with E-state index in [2.05, 4.69) is 4.74 Å². The second-order valence-electron chi connectivity index (χ2n) is 6.82. The molecule has 2 aromatic rings. The molecule has 0 atom stereocenters. The van der Waals surface area contributed by atoms with Crippen molar-refractivity contribution in [1.29, 1.82) is 0 Å². The van der Waals surface area contributed by atoms with Crippen LogP contribution in [0.25, 0.3) is 12.2 Å². The Hall–Kier alpha value is -3.47. The second-order valence-corrected chi connectivity index (χ2v) is 6.82. The van der Waals surface area contributed by atoms with Crippen LogP contribution in [0.3, 0.4) is 0 Å². The molecule has 148 valence electrons. The third-order valence-corrected chi connectivity index (χ3v) is 4.71. The highest BCUT2D eigenvalue weighted by Crippen LogP contribution is 2.23. The lowest BCUT2D eigenvalue weighted by Gasteiger charge is -2.30. The fourth-order valence-corrected chi connectivity index (χ4v) is 3.19. The first-order chi connectivity index (χ1) is 14.1. The molecule has 0 bridgehead atoms. The van der Waals surface area contributed by atoms with Gasteiger partial charge in [-0.05, 0) is 23.3 Å². The lowest BCUT2D eigenvalue weighted by Crippen LogP contribution is -2.41. The maximum atomic E-state index is 13.1. The van der Waals surface area contributed by atoms with E-state index in [4.69, 9.17) is 0 Å². The Labute approximate surface area is 170 Å². The molecule has 3 rings (SSSR count). The number of hydrogen-bond donors (Lipinski definition) is 0. The van der Waals surface area contributed by atoms with Crippen molar-refractivity contribution in [1.82, 2.24) is 4.90 Å². The number of piperidine rings is 1. The molecule has 1 aliphatic heterocycles. The number of amides is 1. The van der Waals surface area contributed by atoms with Gasteiger partial charge in [0.2, 0.25) is 5.91 Å². The molecule has 0 radical (unpaired) electrons. The summed E-state index contributed by atoms with van der Waals surface area (Å²) in [5, 5.41) is 0. The number of hydrogen-bond acceptors (Lipinski definition) is 4. The average Bonchev–Trinajstić information content (AvgIpc) is 2.75. The maximum absolute atomic E-state index is 13.1. The largest absolute Gasteiger partial charge is 0.469 e. The molecule has 1 saturated heterocycles. The summed E-state index contributed by atoms with van der Waals surface area (Å²) in [6, 6.07) is 19.1. The van der Waals surface area contributed by atoms with E-state index in [-0.39, 0.29) is 37.6 Å². The zero-order valence-electron chi connectivity index (χ0n) is 16.3. The van der Waals surface area contributed by atoms with Crippen molar-refractivity contribution in [2.45, 2.75) is 12.8 Å². The van der Waals surface area contributed by atoms with Crippen LogP contribution in [0, 0.1) is 0 Å². The second kappa shape index (κ2) is 9.64. The van der Waals surface area contributed by atoms with Gasteiger partial charge in [0.1, 0.15) is 0 Å². The lowest BCUT2D eigenvalue weighted by atomic mass is 9.94. The molecule has 2 aromatic carbocycles. The smallest absolute Gasteiger partial charge is 0.306 e. The van der Waals surface area contributed by atoms with Gasteiger partial charge in [-0.15, -0.1) is 0 Å². The van der Waals surface area contributed by atoms with Crippen LogP contribution in [-0.4, -0.2) is 42.8 Å². The zero-order valence-corrected chi connectivity index (χ0v) is 16.3. The van der Waals surface area contributed by atoms with Crippen LogP contribution in [0.2, 0.25) is 0 Å². The van der Waals surface area contributed by atoms with Crippen molar-refractivity contribution in [3.8, 4) is 0 Å². The van der Waals surface area contributed by atoms with Gasteiger partial charge < -0.3 is 9.64 Å². The number of methoxy groups -OCH3 is 1. The first-order valence-electron chi connectivity index (χ1n) is 9.47. The highest BCUT2D eigenvalue weighted by Gasteiger charge is 2.29. The van der Waals surface area contributed by atoms with Crippen molar-refractivity contribution < 1.29 is 19.1 Å². The van der Waals surface area contributed by atoms with Gasteiger partial charge in [0.05, 0.1) is 13.5 Å². The molecule has 5 nitrogen and oxygen atoms in total.